The van der Waals surface area contributed by atoms with Crippen molar-refractivity contribution in [2.75, 3.05) is 19.0 Å². The molecule has 64 valence electrons. The molecule has 0 amide bonds. The van der Waals surface area contributed by atoms with E-state index >= 15 is 0 Å². The Morgan fingerprint density at radius 3 is 3.08 bits per heavy atom. The lowest BCUT2D eigenvalue weighted by Crippen LogP contribution is -2.17. The van der Waals surface area contributed by atoms with Crippen LogP contribution in [0.4, 0.5) is 5.69 Å². The normalized spacial score (nSPS) is 21.2. The van der Waals surface area contributed by atoms with E-state index in [-0.39, 0.29) is 6.10 Å². The molecule has 0 bridgehead atoms. The zero-order valence-corrected chi connectivity index (χ0v) is 7.21. The highest BCUT2D eigenvalue weighted by atomic mass is 16.5. The Balaban J connectivity index is 2.37. The number of hydrogen-bond donors (Lipinski definition) is 1. The summed E-state index contributed by atoms with van der Waals surface area (Å²) in [5.74, 6) is 0. The van der Waals surface area contributed by atoms with Gasteiger partial charge in [-0.3, -0.25) is 0 Å². The van der Waals surface area contributed by atoms with Gasteiger partial charge >= 0.3 is 0 Å². The Labute approximate surface area is 72.5 Å². The Bertz CT molecular complexity index is 272. The molecule has 0 spiro atoms. The van der Waals surface area contributed by atoms with Gasteiger partial charge in [0.2, 0.25) is 0 Å². The van der Waals surface area contributed by atoms with Crippen LogP contribution in [-0.2, 0) is 4.74 Å². The van der Waals surface area contributed by atoms with Crippen LogP contribution in [0.5, 0.6) is 0 Å². The number of anilines is 1. The maximum Gasteiger partial charge on any atom is 0.0857 e. The van der Waals surface area contributed by atoms with Crippen LogP contribution in [0.1, 0.15) is 18.1 Å². The van der Waals surface area contributed by atoms with Crippen LogP contribution in [0.15, 0.2) is 24.3 Å². The smallest absolute Gasteiger partial charge is 0.0857 e. The molecule has 1 aliphatic rings. The van der Waals surface area contributed by atoms with Crippen LogP contribution in [-0.4, -0.2) is 13.7 Å². The van der Waals surface area contributed by atoms with Crippen LogP contribution < -0.4 is 5.32 Å². The van der Waals surface area contributed by atoms with Gasteiger partial charge in [0.15, 0.2) is 0 Å². The summed E-state index contributed by atoms with van der Waals surface area (Å²) in [6, 6.07) is 8.32. The molecule has 0 aromatic heterocycles. The molecular formula is C10H13NO. The molecule has 2 nitrogen and oxygen atoms in total. The van der Waals surface area contributed by atoms with Gasteiger partial charge in [0.05, 0.1) is 6.10 Å². The zero-order chi connectivity index (χ0) is 8.39. The standard InChI is InChI=1S/C10H13NO/c1-12-10-6-7-11-9-5-3-2-4-8(9)10/h2-5,10-11H,6-7H2,1H3/t10-/m1/s1. The van der Waals surface area contributed by atoms with E-state index in [9.17, 15) is 0 Å². The number of benzene rings is 1. The van der Waals surface area contributed by atoms with Crippen molar-refractivity contribution in [1.82, 2.24) is 0 Å². The summed E-state index contributed by atoms with van der Waals surface area (Å²) in [4.78, 5) is 0. The van der Waals surface area contributed by atoms with E-state index in [1.165, 1.54) is 11.3 Å². The third kappa shape index (κ3) is 1.18. The van der Waals surface area contributed by atoms with Crippen molar-refractivity contribution in [2.45, 2.75) is 12.5 Å². The van der Waals surface area contributed by atoms with E-state index < -0.39 is 0 Å². The average molecular weight is 163 g/mol. The maximum absolute atomic E-state index is 5.38. The maximum atomic E-state index is 5.38. The lowest BCUT2D eigenvalue weighted by Gasteiger charge is -2.25. The molecule has 1 heterocycles. The molecule has 1 aromatic rings. The van der Waals surface area contributed by atoms with Gasteiger partial charge in [0, 0.05) is 24.9 Å². The average Bonchev–Trinajstić information content (AvgIpc) is 2.17. The minimum Gasteiger partial charge on any atom is -0.385 e. The molecule has 0 radical (unpaired) electrons. The van der Waals surface area contributed by atoms with Crippen LogP contribution in [0.2, 0.25) is 0 Å². The SMILES string of the molecule is CO[C@@H]1CCNc2ccccc21. The molecule has 1 N–H and O–H groups in total. The van der Waals surface area contributed by atoms with E-state index in [2.05, 4.69) is 23.5 Å². The minimum atomic E-state index is 0.280. The second-order valence-electron chi connectivity index (χ2n) is 3.03. The first kappa shape index (κ1) is 7.62. The quantitative estimate of drug-likeness (QED) is 0.685. The fraction of sp³-hybridized carbons (Fsp3) is 0.400. The summed E-state index contributed by atoms with van der Waals surface area (Å²) in [5.41, 5.74) is 2.50. The van der Waals surface area contributed by atoms with Gasteiger partial charge in [0.1, 0.15) is 0 Å². The summed E-state index contributed by atoms with van der Waals surface area (Å²) in [6.45, 7) is 1.01. The van der Waals surface area contributed by atoms with Crippen molar-refractivity contribution >= 4 is 5.69 Å². The third-order valence-electron chi connectivity index (χ3n) is 2.31. The van der Waals surface area contributed by atoms with Crippen molar-refractivity contribution in [3.63, 3.8) is 0 Å². The van der Waals surface area contributed by atoms with E-state index in [0.717, 1.165) is 13.0 Å². The first-order valence-corrected chi connectivity index (χ1v) is 4.27. The van der Waals surface area contributed by atoms with Gasteiger partial charge in [-0.2, -0.15) is 0 Å². The second-order valence-corrected chi connectivity index (χ2v) is 3.03. The molecule has 1 aromatic carbocycles. The summed E-state index contributed by atoms with van der Waals surface area (Å²) < 4.78 is 5.38. The molecule has 1 aliphatic heterocycles. The highest BCUT2D eigenvalue weighted by Crippen LogP contribution is 2.31. The number of para-hydroxylation sites is 1. The monoisotopic (exact) mass is 163 g/mol. The van der Waals surface area contributed by atoms with Crippen LogP contribution in [0, 0.1) is 0 Å². The Morgan fingerprint density at radius 1 is 1.42 bits per heavy atom. The molecule has 2 rings (SSSR count). The van der Waals surface area contributed by atoms with Gasteiger partial charge in [-0.05, 0) is 12.5 Å². The molecule has 12 heavy (non-hydrogen) atoms. The summed E-state index contributed by atoms with van der Waals surface area (Å²) in [5, 5.41) is 3.35. The lowest BCUT2D eigenvalue weighted by atomic mass is 10.0. The number of ether oxygens (including phenoxy) is 1. The highest BCUT2D eigenvalue weighted by molar-refractivity contribution is 5.53. The lowest BCUT2D eigenvalue weighted by molar-refractivity contribution is 0.0965. The molecule has 1 atom stereocenters. The predicted octanol–water partition coefficient (Wildman–Crippen LogP) is 2.19. The van der Waals surface area contributed by atoms with Crippen LogP contribution >= 0.6 is 0 Å². The van der Waals surface area contributed by atoms with E-state index in [1.807, 2.05) is 6.07 Å². The third-order valence-corrected chi connectivity index (χ3v) is 2.31. The molecule has 0 saturated carbocycles. The first-order chi connectivity index (χ1) is 5.92. The molecule has 0 unspecified atom stereocenters. The van der Waals surface area contributed by atoms with Crippen molar-refractivity contribution < 1.29 is 4.74 Å². The Hall–Kier alpha value is -1.02. The van der Waals surface area contributed by atoms with E-state index in [4.69, 9.17) is 4.74 Å². The summed E-state index contributed by atoms with van der Waals surface area (Å²) in [7, 11) is 1.77. The number of methoxy groups -OCH3 is 1. The van der Waals surface area contributed by atoms with E-state index in [1.54, 1.807) is 7.11 Å². The number of fused-ring (bicyclic) bond motifs is 1. The fourth-order valence-electron chi connectivity index (χ4n) is 1.68. The predicted molar refractivity (Wildman–Crippen MR) is 49.3 cm³/mol. The Kier molecular flexibility index (Phi) is 2.00. The largest absolute Gasteiger partial charge is 0.385 e. The van der Waals surface area contributed by atoms with Gasteiger partial charge in [-0.15, -0.1) is 0 Å². The molecule has 0 saturated heterocycles. The van der Waals surface area contributed by atoms with Crippen molar-refractivity contribution in [1.29, 1.82) is 0 Å². The zero-order valence-electron chi connectivity index (χ0n) is 7.21. The number of nitrogens with one attached hydrogen (secondary N) is 1. The first-order valence-electron chi connectivity index (χ1n) is 4.27. The molecule has 0 aliphatic carbocycles. The van der Waals surface area contributed by atoms with Gasteiger partial charge < -0.3 is 10.1 Å². The summed E-state index contributed by atoms with van der Waals surface area (Å²) >= 11 is 0. The topological polar surface area (TPSA) is 21.3 Å². The van der Waals surface area contributed by atoms with Gasteiger partial charge in [0.25, 0.3) is 0 Å². The van der Waals surface area contributed by atoms with Crippen LogP contribution in [0.25, 0.3) is 0 Å². The summed E-state index contributed by atoms with van der Waals surface area (Å²) in [6.07, 6.45) is 1.34. The van der Waals surface area contributed by atoms with Gasteiger partial charge in [-0.1, -0.05) is 18.2 Å². The number of hydrogen-bond acceptors (Lipinski definition) is 2. The minimum absolute atomic E-state index is 0.280. The van der Waals surface area contributed by atoms with Gasteiger partial charge in [-0.25, -0.2) is 0 Å². The second kappa shape index (κ2) is 3.15. The molecule has 0 fully saturated rings. The van der Waals surface area contributed by atoms with Crippen LogP contribution in [0.3, 0.4) is 0 Å². The van der Waals surface area contributed by atoms with Crippen molar-refractivity contribution in [2.24, 2.45) is 0 Å². The Morgan fingerprint density at radius 2 is 2.25 bits per heavy atom. The molecule has 2 heteroatoms. The number of rotatable bonds is 1. The van der Waals surface area contributed by atoms with Crippen molar-refractivity contribution in [3.05, 3.63) is 29.8 Å². The molecular weight excluding hydrogens is 150 g/mol. The van der Waals surface area contributed by atoms with E-state index in [0.29, 0.717) is 0 Å². The van der Waals surface area contributed by atoms with Crippen molar-refractivity contribution in [3.8, 4) is 0 Å². The highest BCUT2D eigenvalue weighted by Gasteiger charge is 2.17. The fourth-order valence-corrected chi connectivity index (χ4v) is 1.68.